The molecule has 0 atom stereocenters. The zero-order chi connectivity index (χ0) is 18.9. The van der Waals surface area contributed by atoms with Crippen molar-refractivity contribution in [2.45, 2.75) is 0 Å². The third kappa shape index (κ3) is 6.40. The van der Waals surface area contributed by atoms with Crippen molar-refractivity contribution in [3.05, 3.63) is 65.2 Å². The summed E-state index contributed by atoms with van der Waals surface area (Å²) in [7, 11) is 0. The van der Waals surface area contributed by atoms with Gasteiger partial charge in [-0.1, -0.05) is 41.9 Å². The van der Waals surface area contributed by atoms with Gasteiger partial charge in [-0.25, -0.2) is 0 Å². The van der Waals surface area contributed by atoms with Crippen molar-refractivity contribution < 1.29 is 14.3 Å². The molecule has 1 N–H and O–H groups in total. The fraction of sp³-hybridized carbons (Fsp3) is 0.286. The first-order valence-electron chi connectivity index (χ1n) is 8.97. The first-order valence-corrected chi connectivity index (χ1v) is 9.35. The highest BCUT2D eigenvalue weighted by Gasteiger charge is 2.10. The lowest BCUT2D eigenvalue weighted by Gasteiger charge is -2.26. The summed E-state index contributed by atoms with van der Waals surface area (Å²) in [6.45, 7) is 4.82. The van der Waals surface area contributed by atoms with Crippen LogP contribution in [0.15, 0.2) is 54.6 Å². The van der Waals surface area contributed by atoms with E-state index in [2.05, 4.69) is 10.2 Å². The normalized spacial score (nSPS) is 15.0. The van der Waals surface area contributed by atoms with E-state index in [0.717, 1.165) is 38.4 Å². The van der Waals surface area contributed by atoms with Crippen LogP contribution in [0.1, 0.15) is 5.56 Å². The molecule has 0 radical (unpaired) electrons. The Labute approximate surface area is 164 Å². The van der Waals surface area contributed by atoms with Crippen molar-refractivity contribution in [3.63, 3.8) is 0 Å². The second-order valence-corrected chi connectivity index (χ2v) is 6.58. The van der Waals surface area contributed by atoms with Gasteiger partial charge in [0.25, 0.3) is 0 Å². The van der Waals surface area contributed by atoms with E-state index in [1.165, 1.54) is 6.08 Å². The summed E-state index contributed by atoms with van der Waals surface area (Å²) < 4.78 is 11.1. The Morgan fingerprint density at radius 1 is 1.19 bits per heavy atom. The number of halogens is 1. The van der Waals surface area contributed by atoms with Crippen molar-refractivity contribution in [2.75, 3.05) is 44.8 Å². The van der Waals surface area contributed by atoms with Gasteiger partial charge in [-0.05, 0) is 23.8 Å². The summed E-state index contributed by atoms with van der Waals surface area (Å²) in [4.78, 5) is 14.5. The van der Waals surface area contributed by atoms with E-state index in [0.29, 0.717) is 23.1 Å². The maximum absolute atomic E-state index is 12.2. The van der Waals surface area contributed by atoms with Crippen LogP contribution < -0.4 is 10.1 Å². The summed E-state index contributed by atoms with van der Waals surface area (Å²) in [5.41, 5.74) is 1.49. The molecule has 1 fully saturated rings. The first kappa shape index (κ1) is 19.4. The maximum atomic E-state index is 12.2. The average molecular weight is 387 g/mol. The lowest BCUT2D eigenvalue weighted by Crippen LogP contribution is -2.38. The average Bonchev–Trinajstić information content (AvgIpc) is 2.70. The Morgan fingerprint density at radius 3 is 2.74 bits per heavy atom. The summed E-state index contributed by atoms with van der Waals surface area (Å²) >= 11 is 6.20. The van der Waals surface area contributed by atoms with E-state index >= 15 is 0 Å². The summed E-state index contributed by atoms with van der Waals surface area (Å²) in [6.07, 6.45) is 3.24. The van der Waals surface area contributed by atoms with Crippen molar-refractivity contribution in [3.8, 4) is 5.75 Å². The molecule has 27 heavy (non-hydrogen) atoms. The number of morpholine rings is 1. The van der Waals surface area contributed by atoms with E-state index in [9.17, 15) is 4.79 Å². The Balaban J connectivity index is 1.53. The molecule has 2 aromatic rings. The van der Waals surface area contributed by atoms with E-state index in [1.54, 1.807) is 24.3 Å². The number of rotatable bonds is 7. The van der Waals surface area contributed by atoms with E-state index in [-0.39, 0.29) is 5.91 Å². The number of nitrogens with zero attached hydrogens (tertiary/aromatic N) is 1. The van der Waals surface area contributed by atoms with Gasteiger partial charge in [0.1, 0.15) is 12.4 Å². The van der Waals surface area contributed by atoms with Crippen LogP contribution in [0.3, 0.4) is 0 Å². The predicted octanol–water partition coefficient (Wildman–Crippen LogP) is 3.70. The van der Waals surface area contributed by atoms with Gasteiger partial charge in [-0.2, -0.15) is 0 Å². The van der Waals surface area contributed by atoms with Crippen molar-refractivity contribution in [1.29, 1.82) is 0 Å². The molecule has 1 amide bonds. The van der Waals surface area contributed by atoms with Crippen LogP contribution in [-0.4, -0.2) is 50.3 Å². The Bertz CT molecular complexity index is 774. The fourth-order valence-corrected chi connectivity index (χ4v) is 2.88. The number of hydrogen-bond donors (Lipinski definition) is 1. The zero-order valence-corrected chi connectivity index (χ0v) is 15.8. The number of hydrogen-bond acceptors (Lipinski definition) is 4. The van der Waals surface area contributed by atoms with Gasteiger partial charge in [0.15, 0.2) is 0 Å². The zero-order valence-electron chi connectivity index (χ0n) is 15.1. The lowest BCUT2D eigenvalue weighted by atomic mass is 10.2. The Morgan fingerprint density at radius 2 is 1.96 bits per heavy atom. The van der Waals surface area contributed by atoms with Gasteiger partial charge in [-0.15, -0.1) is 0 Å². The minimum atomic E-state index is -0.244. The molecular formula is C21H23ClN2O3. The number of benzene rings is 2. The fourth-order valence-electron chi connectivity index (χ4n) is 2.72. The van der Waals surface area contributed by atoms with Crippen LogP contribution in [0.4, 0.5) is 5.69 Å². The van der Waals surface area contributed by atoms with Gasteiger partial charge in [0, 0.05) is 31.8 Å². The number of ether oxygens (including phenoxy) is 2. The topological polar surface area (TPSA) is 50.8 Å². The number of carbonyl (C=O) groups is 1. The lowest BCUT2D eigenvalue weighted by molar-refractivity contribution is -0.111. The number of carbonyl (C=O) groups excluding carboxylic acids is 1. The highest BCUT2D eigenvalue weighted by atomic mass is 35.5. The van der Waals surface area contributed by atoms with Crippen LogP contribution in [0.25, 0.3) is 6.08 Å². The summed E-state index contributed by atoms with van der Waals surface area (Å²) in [5, 5.41) is 3.27. The van der Waals surface area contributed by atoms with E-state index in [4.69, 9.17) is 21.1 Å². The molecule has 0 spiro atoms. The van der Waals surface area contributed by atoms with Gasteiger partial charge in [0.2, 0.25) is 5.91 Å². The first-order chi connectivity index (χ1) is 13.2. The SMILES string of the molecule is O=C(C=Cc1ccccc1)Nc1cc(OCCN2CCOCC2)ccc1Cl. The number of amides is 1. The second-order valence-electron chi connectivity index (χ2n) is 6.18. The molecule has 0 aromatic heterocycles. The van der Waals surface area contributed by atoms with Gasteiger partial charge < -0.3 is 14.8 Å². The number of anilines is 1. The molecule has 0 saturated carbocycles. The van der Waals surface area contributed by atoms with Crippen molar-refractivity contribution in [1.82, 2.24) is 4.90 Å². The molecule has 6 heteroatoms. The van der Waals surface area contributed by atoms with Crippen molar-refractivity contribution >= 4 is 29.3 Å². The monoisotopic (exact) mass is 386 g/mol. The Kier molecular flexibility index (Phi) is 7.27. The van der Waals surface area contributed by atoms with Crippen molar-refractivity contribution in [2.24, 2.45) is 0 Å². The third-order valence-electron chi connectivity index (χ3n) is 4.20. The largest absolute Gasteiger partial charge is 0.492 e. The van der Waals surface area contributed by atoms with E-state index < -0.39 is 0 Å². The molecule has 3 rings (SSSR count). The van der Waals surface area contributed by atoms with Crippen LogP contribution in [0.2, 0.25) is 5.02 Å². The molecule has 2 aromatic carbocycles. The summed E-state index contributed by atoms with van der Waals surface area (Å²) in [5.74, 6) is 0.432. The van der Waals surface area contributed by atoms with Crippen LogP contribution in [0.5, 0.6) is 5.75 Å². The molecule has 1 saturated heterocycles. The quantitative estimate of drug-likeness (QED) is 0.737. The summed E-state index contributed by atoms with van der Waals surface area (Å²) in [6, 6.07) is 14.9. The van der Waals surface area contributed by atoms with E-state index in [1.807, 2.05) is 30.3 Å². The molecule has 142 valence electrons. The molecule has 1 aliphatic rings. The molecule has 0 aliphatic carbocycles. The minimum absolute atomic E-state index is 0.244. The highest BCUT2D eigenvalue weighted by Crippen LogP contribution is 2.27. The molecular weight excluding hydrogens is 364 g/mol. The smallest absolute Gasteiger partial charge is 0.248 e. The van der Waals surface area contributed by atoms with Gasteiger partial charge >= 0.3 is 0 Å². The minimum Gasteiger partial charge on any atom is -0.492 e. The molecule has 5 nitrogen and oxygen atoms in total. The third-order valence-corrected chi connectivity index (χ3v) is 4.53. The predicted molar refractivity (Wildman–Crippen MR) is 108 cm³/mol. The second kappa shape index (κ2) is 10.1. The maximum Gasteiger partial charge on any atom is 0.248 e. The van der Waals surface area contributed by atoms with Crippen LogP contribution in [-0.2, 0) is 9.53 Å². The van der Waals surface area contributed by atoms with Gasteiger partial charge in [-0.3, -0.25) is 9.69 Å². The van der Waals surface area contributed by atoms with Crippen LogP contribution >= 0.6 is 11.6 Å². The molecule has 0 bridgehead atoms. The molecule has 0 unspecified atom stereocenters. The Hall–Kier alpha value is -2.34. The standard InChI is InChI=1S/C21H23ClN2O3/c22-19-8-7-18(27-15-12-24-10-13-26-14-11-24)16-20(19)23-21(25)9-6-17-4-2-1-3-5-17/h1-9,16H,10-15H2,(H,23,25). The highest BCUT2D eigenvalue weighted by molar-refractivity contribution is 6.33. The van der Waals surface area contributed by atoms with Gasteiger partial charge in [0.05, 0.1) is 23.9 Å². The van der Waals surface area contributed by atoms with Crippen LogP contribution in [0, 0.1) is 0 Å². The molecule has 1 aliphatic heterocycles. The molecule has 1 heterocycles. The number of nitrogens with one attached hydrogen (secondary N) is 1.